The van der Waals surface area contributed by atoms with E-state index in [4.69, 9.17) is 5.11 Å². The number of hydrogen-bond donors (Lipinski definition) is 3. The Balaban J connectivity index is 2.48. The highest BCUT2D eigenvalue weighted by molar-refractivity contribution is 5.89. The average Bonchev–Trinajstić information content (AvgIpc) is 2.36. The topological polar surface area (TPSA) is 83.5 Å². The van der Waals surface area contributed by atoms with Gasteiger partial charge in [0, 0.05) is 6.07 Å². The second-order valence-electron chi connectivity index (χ2n) is 3.97. The minimum Gasteiger partial charge on any atom is -0.468 e. The Hall–Kier alpha value is -2.03. The standard InChI is InChI=1S/C11H14F3N3O3/c1-7(5-18)16-10(19)17-8-2-3-9(15-4-8)20-6-11(12,13)14/h2-4,7,18H,5-6H2,1H3,(H2,16,17,19). The van der Waals surface area contributed by atoms with Crippen molar-refractivity contribution in [2.24, 2.45) is 0 Å². The number of anilines is 1. The maximum atomic E-state index is 11.9. The van der Waals surface area contributed by atoms with Crippen molar-refractivity contribution in [3.05, 3.63) is 18.3 Å². The van der Waals surface area contributed by atoms with Crippen LogP contribution in [0.5, 0.6) is 5.88 Å². The normalized spacial score (nSPS) is 12.7. The fraction of sp³-hybridized carbons (Fsp3) is 0.455. The van der Waals surface area contributed by atoms with E-state index in [1.165, 1.54) is 12.1 Å². The lowest BCUT2D eigenvalue weighted by atomic mass is 10.4. The van der Waals surface area contributed by atoms with E-state index in [0.29, 0.717) is 0 Å². The van der Waals surface area contributed by atoms with Crippen LogP contribution in [-0.4, -0.2) is 41.6 Å². The second kappa shape index (κ2) is 6.94. The number of alkyl halides is 3. The number of ether oxygens (including phenoxy) is 1. The first kappa shape index (κ1) is 16.0. The summed E-state index contributed by atoms with van der Waals surface area (Å²) < 4.78 is 40.1. The maximum absolute atomic E-state index is 11.9. The molecule has 20 heavy (non-hydrogen) atoms. The van der Waals surface area contributed by atoms with Gasteiger partial charge in [-0.25, -0.2) is 9.78 Å². The number of urea groups is 1. The van der Waals surface area contributed by atoms with Gasteiger partial charge in [0.1, 0.15) is 0 Å². The average molecular weight is 293 g/mol. The Morgan fingerprint density at radius 3 is 2.70 bits per heavy atom. The fourth-order valence-corrected chi connectivity index (χ4v) is 1.13. The third-order valence-corrected chi connectivity index (χ3v) is 2.03. The number of rotatable bonds is 5. The number of aliphatic hydroxyl groups excluding tert-OH is 1. The van der Waals surface area contributed by atoms with Crippen molar-refractivity contribution in [3.63, 3.8) is 0 Å². The summed E-state index contributed by atoms with van der Waals surface area (Å²) in [6.07, 6.45) is -3.27. The summed E-state index contributed by atoms with van der Waals surface area (Å²) in [7, 11) is 0. The number of carbonyl (C=O) groups excluding carboxylic acids is 1. The molecule has 1 atom stereocenters. The molecule has 0 saturated heterocycles. The Bertz CT molecular complexity index is 437. The van der Waals surface area contributed by atoms with E-state index in [9.17, 15) is 18.0 Å². The van der Waals surface area contributed by atoms with Crippen LogP contribution in [0.15, 0.2) is 18.3 Å². The lowest BCUT2D eigenvalue weighted by Gasteiger charge is -2.12. The lowest BCUT2D eigenvalue weighted by Crippen LogP contribution is -2.38. The van der Waals surface area contributed by atoms with Crippen molar-refractivity contribution >= 4 is 11.7 Å². The zero-order chi connectivity index (χ0) is 15.2. The van der Waals surface area contributed by atoms with E-state index >= 15 is 0 Å². The molecule has 0 aliphatic rings. The van der Waals surface area contributed by atoms with Crippen molar-refractivity contribution in [2.75, 3.05) is 18.5 Å². The van der Waals surface area contributed by atoms with Gasteiger partial charge in [-0.3, -0.25) is 0 Å². The van der Waals surface area contributed by atoms with Crippen LogP contribution >= 0.6 is 0 Å². The number of amides is 2. The van der Waals surface area contributed by atoms with E-state index < -0.39 is 24.9 Å². The van der Waals surface area contributed by atoms with E-state index in [0.717, 1.165) is 6.20 Å². The highest BCUT2D eigenvalue weighted by Gasteiger charge is 2.28. The molecule has 0 bridgehead atoms. The Labute approximate surface area is 113 Å². The van der Waals surface area contributed by atoms with Gasteiger partial charge in [0.2, 0.25) is 5.88 Å². The van der Waals surface area contributed by atoms with Gasteiger partial charge in [0.15, 0.2) is 6.61 Å². The smallest absolute Gasteiger partial charge is 0.422 e. The number of hydrogen-bond acceptors (Lipinski definition) is 4. The van der Waals surface area contributed by atoms with Crippen LogP contribution in [0, 0.1) is 0 Å². The fourth-order valence-electron chi connectivity index (χ4n) is 1.13. The molecule has 3 N–H and O–H groups in total. The molecule has 9 heteroatoms. The van der Waals surface area contributed by atoms with Crippen LogP contribution in [0.4, 0.5) is 23.7 Å². The van der Waals surface area contributed by atoms with Crippen LogP contribution in [0.1, 0.15) is 6.92 Å². The van der Waals surface area contributed by atoms with Crippen molar-refractivity contribution in [1.82, 2.24) is 10.3 Å². The van der Waals surface area contributed by atoms with E-state index in [-0.39, 0.29) is 18.2 Å². The summed E-state index contributed by atoms with van der Waals surface area (Å²) in [5.74, 6) is -0.197. The Morgan fingerprint density at radius 2 is 2.20 bits per heavy atom. The highest BCUT2D eigenvalue weighted by atomic mass is 19.4. The minimum absolute atomic E-state index is 0.197. The first-order chi connectivity index (χ1) is 9.30. The molecule has 1 aromatic heterocycles. The molecule has 0 fully saturated rings. The minimum atomic E-state index is -4.43. The van der Waals surface area contributed by atoms with Gasteiger partial charge in [-0.05, 0) is 13.0 Å². The van der Waals surface area contributed by atoms with Gasteiger partial charge in [0.25, 0.3) is 0 Å². The predicted molar refractivity (Wildman–Crippen MR) is 64.5 cm³/mol. The third-order valence-electron chi connectivity index (χ3n) is 2.03. The molecule has 1 aromatic rings. The first-order valence-electron chi connectivity index (χ1n) is 5.64. The molecule has 1 heterocycles. The Morgan fingerprint density at radius 1 is 1.50 bits per heavy atom. The number of nitrogens with one attached hydrogen (secondary N) is 2. The predicted octanol–water partition coefficient (Wildman–Crippen LogP) is 1.53. The van der Waals surface area contributed by atoms with Crippen LogP contribution < -0.4 is 15.4 Å². The molecule has 0 spiro atoms. The van der Waals surface area contributed by atoms with E-state index in [1.54, 1.807) is 6.92 Å². The molecule has 0 aliphatic heterocycles. The number of carbonyl (C=O) groups is 1. The SMILES string of the molecule is CC(CO)NC(=O)Nc1ccc(OCC(F)(F)F)nc1. The number of halogens is 3. The monoisotopic (exact) mass is 293 g/mol. The number of nitrogens with zero attached hydrogens (tertiary/aromatic N) is 1. The lowest BCUT2D eigenvalue weighted by molar-refractivity contribution is -0.154. The van der Waals surface area contributed by atoms with Crippen LogP contribution in [0.25, 0.3) is 0 Å². The van der Waals surface area contributed by atoms with Crippen LogP contribution in [0.3, 0.4) is 0 Å². The Kier molecular flexibility index (Phi) is 5.56. The van der Waals surface area contributed by atoms with Crippen molar-refractivity contribution in [2.45, 2.75) is 19.1 Å². The van der Waals surface area contributed by atoms with E-state index in [2.05, 4.69) is 20.4 Å². The molecule has 0 aliphatic carbocycles. The molecule has 0 saturated carbocycles. The quantitative estimate of drug-likeness (QED) is 0.768. The summed E-state index contributed by atoms with van der Waals surface area (Å²) in [5, 5.41) is 13.6. The molecular formula is C11H14F3N3O3. The molecule has 112 valence electrons. The van der Waals surface area contributed by atoms with Gasteiger partial charge >= 0.3 is 12.2 Å². The molecule has 1 unspecified atom stereocenters. The summed E-state index contributed by atoms with van der Waals surface area (Å²) in [6, 6.07) is 1.58. The largest absolute Gasteiger partial charge is 0.468 e. The van der Waals surface area contributed by atoms with Gasteiger partial charge in [-0.1, -0.05) is 0 Å². The summed E-state index contributed by atoms with van der Waals surface area (Å²) in [6.45, 7) is -0.0386. The maximum Gasteiger partial charge on any atom is 0.422 e. The van der Waals surface area contributed by atoms with Crippen molar-refractivity contribution in [1.29, 1.82) is 0 Å². The van der Waals surface area contributed by atoms with Gasteiger partial charge in [-0.2, -0.15) is 13.2 Å². The number of aliphatic hydroxyl groups is 1. The van der Waals surface area contributed by atoms with Crippen molar-refractivity contribution < 1.29 is 27.8 Å². The molecular weight excluding hydrogens is 279 g/mol. The summed E-state index contributed by atoms with van der Waals surface area (Å²) >= 11 is 0. The summed E-state index contributed by atoms with van der Waals surface area (Å²) in [4.78, 5) is 15.0. The molecule has 0 aromatic carbocycles. The molecule has 6 nitrogen and oxygen atoms in total. The van der Waals surface area contributed by atoms with Gasteiger partial charge < -0.3 is 20.5 Å². The molecule has 1 rings (SSSR count). The molecule has 0 radical (unpaired) electrons. The first-order valence-corrected chi connectivity index (χ1v) is 5.64. The third kappa shape index (κ3) is 6.23. The zero-order valence-electron chi connectivity index (χ0n) is 10.6. The van der Waals surface area contributed by atoms with Crippen LogP contribution in [-0.2, 0) is 0 Å². The highest BCUT2D eigenvalue weighted by Crippen LogP contribution is 2.17. The second-order valence-corrected chi connectivity index (χ2v) is 3.97. The van der Waals surface area contributed by atoms with E-state index in [1.807, 2.05) is 0 Å². The van der Waals surface area contributed by atoms with Crippen molar-refractivity contribution in [3.8, 4) is 5.88 Å². The van der Waals surface area contributed by atoms with Crippen LogP contribution in [0.2, 0.25) is 0 Å². The van der Waals surface area contributed by atoms with Gasteiger partial charge in [0.05, 0.1) is 24.5 Å². The summed E-state index contributed by atoms with van der Waals surface area (Å²) in [5.41, 5.74) is 0.284. The zero-order valence-corrected chi connectivity index (χ0v) is 10.6. The number of pyridine rings is 1. The van der Waals surface area contributed by atoms with Gasteiger partial charge in [-0.15, -0.1) is 0 Å². The molecule has 2 amide bonds. The number of aromatic nitrogens is 1.